The molecule has 1 fully saturated rings. The first-order valence-corrected chi connectivity index (χ1v) is 6.03. The minimum absolute atomic E-state index is 0.180. The van der Waals surface area contributed by atoms with Crippen LogP contribution in [0, 0.1) is 18.6 Å². The van der Waals surface area contributed by atoms with E-state index in [1.54, 1.807) is 0 Å². The number of aliphatic hydroxyl groups excluding tert-OH is 1. The number of carbonyl (C=O) groups is 1. The van der Waals surface area contributed by atoms with Gasteiger partial charge in [-0.05, 0) is 18.6 Å². The van der Waals surface area contributed by atoms with Crippen molar-refractivity contribution in [1.82, 2.24) is 10.2 Å². The number of aryl methyl sites for hydroxylation is 1. The molecule has 0 spiro atoms. The highest BCUT2D eigenvalue weighted by atomic mass is 19.1. The van der Waals surface area contributed by atoms with Crippen LogP contribution in [-0.4, -0.2) is 48.2 Å². The summed E-state index contributed by atoms with van der Waals surface area (Å²) in [5.74, 6) is -2.13. The molecule has 1 aliphatic heterocycles. The molecule has 1 aromatic rings. The Morgan fingerprint density at radius 2 is 2.05 bits per heavy atom. The first-order valence-electron chi connectivity index (χ1n) is 6.03. The highest BCUT2D eigenvalue weighted by molar-refractivity contribution is 5.94. The van der Waals surface area contributed by atoms with Gasteiger partial charge in [-0.2, -0.15) is 0 Å². The van der Waals surface area contributed by atoms with Crippen molar-refractivity contribution < 1.29 is 18.7 Å². The summed E-state index contributed by atoms with van der Waals surface area (Å²) in [7, 11) is 1.50. The Bertz CT molecular complexity index is 508. The van der Waals surface area contributed by atoms with Crippen molar-refractivity contribution in [1.29, 1.82) is 0 Å². The van der Waals surface area contributed by atoms with Crippen molar-refractivity contribution >= 4 is 5.91 Å². The number of aliphatic hydroxyl groups is 1. The number of benzene rings is 1. The Morgan fingerprint density at radius 3 is 2.63 bits per heavy atom. The minimum atomic E-state index is -0.889. The largest absolute Gasteiger partial charge is 0.390 e. The van der Waals surface area contributed by atoms with Gasteiger partial charge in [0.2, 0.25) is 0 Å². The molecular weight excluding hydrogens is 254 g/mol. The van der Waals surface area contributed by atoms with Gasteiger partial charge in [0, 0.05) is 26.2 Å². The topological polar surface area (TPSA) is 52.6 Å². The highest BCUT2D eigenvalue weighted by Crippen LogP contribution is 2.18. The lowest BCUT2D eigenvalue weighted by atomic mass is 10.1. The predicted octanol–water partition coefficient (Wildman–Crippen LogP) is 0.678. The Kier molecular flexibility index (Phi) is 3.82. The number of likely N-dealkylation sites (N-methyl/N-ethyl adjacent to an activating group) is 1. The van der Waals surface area contributed by atoms with E-state index in [-0.39, 0.29) is 11.1 Å². The molecule has 1 amide bonds. The maximum absolute atomic E-state index is 13.7. The molecule has 1 aliphatic rings. The second kappa shape index (κ2) is 5.22. The fourth-order valence-electron chi connectivity index (χ4n) is 2.21. The zero-order valence-corrected chi connectivity index (χ0v) is 10.8. The predicted molar refractivity (Wildman–Crippen MR) is 65.9 cm³/mol. The molecule has 2 rings (SSSR count). The number of halogens is 2. The Labute approximate surface area is 110 Å². The van der Waals surface area contributed by atoms with Crippen LogP contribution in [0.4, 0.5) is 8.78 Å². The Morgan fingerprint density at radius 1 is 1.37 bits per heavy atom. The maximum atomic E-state index is 13.7. The van der Waals surface area contributed by atoms with Gasteiger partial charge in [0.15, 0.2) is 0 Å². The maximum Gasteiger partial charge on any atom is 0.256 e. The summed E-state index contributed by atoms with van der Waals surface area (Å²) in [5, 5.41) is 12.7. The van der Waals surface area contributed by atoms with E-state index in [0.29, 0.717) is 19.2 Å². The standard InChI is InChI=1S/C13H16F2N2O2/c1-7-3-8(10(15)4-9(7)14)13(19)17(2)11-5-16-6-12(11)18/h3-4,11-12,16,18H,5-6H2,1-2H3/t11-,12-/m0/s1. The van der Waals surface area contributed by atoms with Crippen LogP contribution in [-0.2, 0) is 0 Å². The number of carbonyl (C=O) groups excluding carboxylic acids is 1. The van der Waals surface area contributed by atoms with E-state index >= 15 is 0 Å². The summed E-state index contributed by atoms with van der Waals surface area (Å²) in [5.41, 5.74) is 0.0312. The third kappa shape index (κ3) is 2.59. The van der Waals surface area contributed by atoms with E-state index < -0.39 is 29.7 Å². The van der Waals surface area contributed by atoms with Crippen LogP contribution in [0.3, 0.4) is 0 Å². The fourth-order valence-corrected chi connectivity index (χ4v) is 2.21. The van der Waals surface area contributed by atoms with Crippen molar-refractivity contribution in [3.63, 3.8) is 0 Å². The van der Waals surface area contributed by atoms with Gasteiger partial charge in [0.1, 0.15) is 11.6 Å². The van der Waals surface area contributed by atoms with Gasteiger partial charge in [-0.15, -0.1) is 0 Å². The molecule has 19 heavy (non-hydrogen) atoms. The van der Waals surface area contributed by atoms with Gasteiger partial charge in [0.25, 0.3) is 5.91 Å². The number of nitrogens with zero attached hydrogens (tertiary/aromatic N) is 1. The molecule has 4 nitrogen and oxygen atoms in total. The van der Waals surface area contributed by atoms with E-state index in [2.05, 4.69) is 5.32 Å². The summed E-state index contributed by atoms with van der Waals surface area (Å²) < 4.78 is 26.8. The summed E-state index contributed by atoms with van der Waals surface area (Å²) in [6.07, 6.45) is -0.682. The normalized spacial score (nSPS) is 22.6. The van der Waals surface area contributed by atoms with Crippen LogP contribution in [0.1, 0.15) is 15.9 Å². The van der Waals surface area contributed by atoms with Crippen LogP contribution in [0.5, 0.6) is 0 Å². The molecule has 0 bridgehead atoms. The molecule has 0 unspecified atom stereocenters. The molecule has 6 heteroatoms. The minimum Gasteiger partial charge on any atom is -0.390 e. The second-order valence-corrected chi connectivity index (χ2v) is 4.79. The van der Waals surface area contributed by atoms with Crippen LogP contribution in [0.15, 0.2) is 12.1 Å². The van der Waals surface area contributed by atoms with Gasteiger partial charge in [-0.25, -0.2) is 8.78 Å². The molecular formula is C13H16F2N2O2. The third-order valence-corrected chi connectivity index (χ3v) is 3.45. The Balaban J connectivity index is 2.26. The quantitative estimate of drug-likeness (QED) is 0.831. The lowest BCUT2D eigenvalue weighted by Gasteiger charge is -2.26. The average molecular weight is 270 g/mol. The van der Waals surface area contributed by atoms with E-state index in [0.717, 1.165) is 0 Å². The number of β-amino-alcohol motifs (C(OH)–C–C–N with tert-alkyl or cyclic N) is 1. The van der Waals surface area contributed by atoms with E-state index in [1.807, 2.05) is 0 Å². The van der Waals surface area contributed by atoms with Crippen LogP contribution >= 0.6 is 0 Å². The summed E-state index contributed by atoms with van der Waals surface area (Å²) in [6.45, 7) is 2.32. The fraction of sp³-hybridized carbons (Fsp3) is 0.462. The first-order chi connectivity index (χ1) is 8.91. The van der Waals surface area contributed by atoms with Crippen molar-refractivity contribution in [3.8, 4) is 0 Å². The lowest BCUT2D eigenvalue weighted by Crippen LogP contribution is -2.44. The molecule has 0 aromatic heterocycles. The summed E-state index contributed by atoms with van der Waals surface area (Å²) in [6, 6.07) is 1.50. The van der Waals surface area contributed by atoms with E-state index in [4.69, 9.17) is 0 Å². The molecule has 0 aliphatic carbocycles. The number of amides is 1. The monoisotopic (exact) mass is 270 g/mol. The molecule has 2 N–H and O–H groups in total. The van der Waals surface area contributed by atoms with Crippen LogP contribution < -0.4 is 5.32 Å². The highest BCUT2D eigenvalue weighted by Gasteiger charge is 2.32. The lowest BCUT2D eigenvalue weighted by molar-refractivity contribution is 0.0576. The number of nitrogens with one attached hydrogen (secondary N) is 1. The average Bonchev–Trinajstić information content (AvgIpc) is 2.78. The zero-order chi connectivity index (χ0) is 14.2. The van der Waals surface area contributed by atoms with E-state index in [9.17, 15) is 18.7 Å². The van der Waals surface area contributed by atoms with Crippen molar-refractivity contribution in [2.45, 2.75) is 19.1 Å². The van der Waals surface area contributed by atoms with Crippen molar-refractivity contribution in [2.75, 3.05) is 20.1 Å². The molecule has 2 atom stereocenters. The summed E-state index contributed by atoms with van der Waals surface area (Å²) in [4.78, 5) is 13.5. The molecule has 0 saturated carbocycles. The first kappa shape index (κ1) is 13.9. The Hall–Kier alpha value is -1.53. The SMILES string of the molecule is Cc1cc(C(=O)N(C)[C@H]2CNC[C@@H]2O)c(F)cc1F. The van der Waals surface area contributed by atoms with Crippen molar-refractivity contribution in [3.05, 3.63) is 34.9 Å². The van der Waals surface area contributed by atoms with Crippen LogP contribution in [0.2, 0.25) is 0 Å². The van der Waals surface area contributed by atoms with E-state index in [1.165, 1.54) is 24.9 Å². The number of rotatable bonds is 2. The van der Waals surface area contributed by atoms with Crippen molar-refractivity contribution in [2.24, 2.45) is 0 Å². The number of hydrogen-bond donors (Lipinski definition) is 2. The number of hydrogen-bond acceptors (Lipinski definition) is 3. The third-order valence-electron chi connectivity index (χ3n) is 3.45. The second-order valence-electron chi connectivity index (χ2n) is 4.79. The van der Waals surface area contributed by atoms with Crippen LogP contribution in [0.25, 0.3) is 0 Å². The zero-order valence-electron chi connectivity index (χ0n) is 10.8. The molecule has 1 heterocycles. The van der Waals surface area contributed by atoms with Gasteiger partial charge in [0.05, 0.1) is 17.7 Å². The molecule has 104 valence electrons. The smallest absolute Gasteiger partial charge is 0.256 e. The van der Waals surface area contributed by atoms with Gasteiger partial charge in [-0.1, -0.05) is 0 Å². The molecule has 1 saturated heterocycles. The van der Waals surface area contributed by atoms with Gasteiger partial charge < -0.3 is 15.3 Å². The van der Waals surface area contributed by atoms with Gasteiger partial charge in [-0.3, -0.25) is 4.79 Å². The summed E-state index contributed by atoms with van der Waals surface area (Å²) >= 11 is 0. The molecule has 0 radical (unpaired) electrons. The molecule has 1 aromatic carbocycles. The van der Waals surface area contributed by atoms with Gasteiger partial charge >= 0.3 is 0 Å².